The molecule has 34 heavy (non-hydrogen) atoms. The predicted octanol–water partition coefficient (Wildman–Crippen LogP) is 5.22. The molecule has 0 atom stereocenters. The number of benzene rings is 2. The molecule has 0 saturated heterocycles. The Morgan fingerprint density at radius 3 is 2.50 bits per heavy atom. The van der Waals surface area contributed by atoms with Crippen LogP contribution in [-0.4, -0.2) is 31.6 Å². The van der Waals surface area contributed by atoms with Crippen LogP contribution >= 0.6 is 11.6 Å². The quantitative estimate of drug-likeness (QED) is 0.327. The maximum atomic E-state index is 12.9. The second-order valence-electron chi connectivity index (χ2n) is 7.63. The molecule has 3 heterocycles. The minimum atomic E-state index is -0.411. The summed E-state index contributed by atoms with van der Waals surface area (Å²) in [6.07, 6.45) is 4.85. The highest BCUT2D eigenvalue weighted by atomic mass is 35.5. The first-order valence-electron chi connectivity index (χ1n) is 10.4. The van der Waals surface area contributed by atoms with E-state index >= 15 is 0 Å². The maximum Gasteiger partial charge on any atom is 0.259 e. The zero-order valence-electron chi connectivity index (χ0n) is 18.0. The van der Waals surface area contributed by atoms with Crippen LogP contribution in [0.2, 0.25) is 5.02 Å². The number of carbonyl (C=O) groups excluding carboxylic acids is 2. The Morgan fingerprint density at radius 2 is 1.68 bits per heavy atom. The highest BCUT2D eigenvalue weighted by molar-refractivity contribution is 6.34. The van der Waals surface area contributed by atoms with Crippen molar-refractivity contribution < 1.29 is 9.59 Å². The van der Waals surface area contributed by atoms with Crippen molar-refractivity contribution in [2.24, 2.45) is 0 Å². The number of anilines is 2. The van der Waals surface area contributed by atoms with Crippen LogP contribution < -0.4 is 10.6 Å². The lowest BCUT2D eigenvalue weighted by Crippen LogP contribution is -2.16. The standard InChI is InChI=1S/C25H19ClN6O2/c1-15-21(14-29-32(15)19-5-3-2-4-6-19)25(34)30-17-7-8-22(26)20(12-17)24(33)31-18-11-16-9-10-27-23(16)28-13-18/h2-14H,1H3,(H,27,28)(H,30,34)(H,31,33). The Labute approximate surface area is 199 Å². The second kappa shape index (κ2) is 8.84. The van der Waals surface area contributed by atoms with E-state index in [-0.39, 0.29) is 16.5 Å². The van der Waals surface area contributed by atoms with Crippen molar-refractivity contribution in [1.29, 1.82) is 0 Å². The summed E-state index contributed by atoms with van der Waals surface area (Å²) in [5.41, 5.74) is 3.91. The van der Waals surface area contributed by atoms with Gasteiger partial charge in [0.15, 0.2) is 0 Å². The Kier molecular flexibility index (Phi) is 5.57. The monoisotopic (exact) mass is 470 g/mol. The lowest BCUT2D eigenvalue weighted by Gasteiger charge is -2.10. The van der Waals surface area contributed by atoms with Gasteiger partial charge in [0.2, 0.25) is 0 Å². The maximum absolute atomic E-state index is 12.9. The van der Waals surface area contributed by atoms with Crippen LogP contribution in [0.15, 0.2) is 79.3 Å². The second-order valence-corrected chi connectivity index (χ2v) is 8.04. The van der Waals surface area contributed by atoms with Gasteiger partial charge in [-0.3, -0.25) is 9.59 Å². The molecule has 0 saturated carbocycles. The number of carbonyl (C=O) groups is 2. The summed E-state index contributed by atoms with van der Waals surface area (Å²) in [5.74, 6) is -0.749. The van der Waals surface area contributed by atoms with E-state index in [1.165, 1.54) is 12.3 Å². The fraction of sp³-hybridized carbons (Fsp3) is 0.0400. The molecule has 3 N–H and O–H groups in total. The molecular weight excluding hydrogens is 452 g/mol. The minimum absolute atomic E-state index is 0.227. The Balaban J connectivity index is 1.35. The van der Waals surface area contributed by atoms with E-state index in [4.69, 9.17) is 11.6 Å². The van der Waals surface area contributed by atoms with Gasteiger partial charge in [-0.25, -0.2) is 9.67 Å². The smallest absolute Gasteiger partial charge is 0.259 e. The van der Waals surface area contributed by atoms with Crippen molar-refractivity contribution in [3.63, 3.8) is 0 Å². The predicted molar refractivity (Wildman–Crippen MR) is 132 cm³/mol. The van der Waals surface area contributed by atoms with E-state index in [0.29, 0.717) is 22.6 Å². The van der Waals surface area contributed by atoms with E-state index in [0.717, 1.165) is 16.7 Å². The number of H-pyrrole nitrogens is 1. The van der Waals surface area contributed by atoms with Crippen LogP contribution in [-0.2, 0) is 0 Å². The first-order chi connectivity index (χ1) is 16.5. The number of hydrogen-bond acceptors (Lipinski definition) is 4. The summed E-state index contributed by atoms with van der Waals surface area (Å²) in [5, 5.41) is 11.1. The molecule has 2 amide bonds. The molecule has 168 valence electrons. The first kappa shape index (κ1) is 21.4. The van der Waals surface area contributed by atoms with Gasteiger partial charge in [0, 0.05) is 17.3 Å². The summed E-state index contributed by atoms with van der Waals surface area (Å²) in [4.78, 5) is 33.1. The number of para-hydroxylation sites is 1. The van der Waals surface area contributed by atoms with Crippen LogP contribution in [0, 0.1) is 6.92 Å². The summed E-state index contributed by atoms with van der Waals surface area (Å²) < 4.78 is 1.70. The van der Waals surface area contributed by atoms with Gasteiger partial charge >= 0.3 is 0 Å². The summed E-state index contributed by atoms with van der Waals surface area (Å²) in [6, 6.07) is 18.0. The summed E-state index contributed by atoms with van der Waals surface area (Å²) in [7, 11) is 0. The molecule has 0 spiro atoms. The molecule has 0 aliphatic carbocycles. The van der Waals surface area contributed by atoms with Crippen molar-refractivity contribution in [1.82, 2.24) is 19.7 Å². The highest BCUT2D eigenvalue weighted by Gasteiger charge is 2.17. The number of aromatic nitrogens is 4. The molecule has 8 nitrogen and oxygen atoms in total. The van der Waals surface area contributed by atoms with Crippen LogP contribution in [0.25, 0.3) is 16.7 Å². The molecule has 3 aromatic heterocycles. The number of nitrogens with zero attached hydrogens (tertiary/aromatic N) is 3. The number of amides is 2. The average Bonchev–Trinajstić information content (AvgIpc) is 3.47. The fourth-order valence-electron chi connectivity index (χ4n) is 3.64. The zero-order valence-corrected chi connectivity index (χ0v) is 18.8. The lowest BCUT2D eigenvalue weighted by atomic mass is 10.1. The number of pyridine rings is 1. The molecule has 0 bridgehead atoms. The molecule has 0 aliphatic rings. The number of halogens is 1. The SMILES string of the molecule is Cc1c(C(=O)Nc2ccc(Cl)c(C(=O)Nc3cnc4[nH]ccc4c3)c2)cnn1-c1ccccc1. The van der Waals surface area contributed by atoms with E-state index in [2.05, 4.69) is 25.7 Å². The molecule has 0 unspecified atom stereocenters. The van der Waals surface area contributed by atoms with E-state index in [1.807, 2.05) is 49.4 Å². The largest absolute Gasteiger partial charge is 0.346 e. The van der Waals surface area contributed by atoms with E-state index in [9.17, 15) is 9.59 Å². The van der Waals surface area contributed by atoms with Crippen molar-refractivity contribution in [2.75, 3.05) is 10.6 Å². The molecule has 2 aromatic carbocycles. The van der Waals surface area contributed by atoms with Crippen molar-refractivity contribution in [3.05, 3.63) is 101 Å². The van der Waals surface area contributed by atoms with E-state index in [1.54, 1.807) is 29.2 Å². The number of aromatic amines is 1. The number of nitrogens with one attached hydrogen (secondary N) is 3. The van der Waals surface area contributed by atoms with Gasteiger partial charge in [0.25, 0.3) is 11.8 Å². The third kappa shape index (κ3) is 4.14. The van der Waals surface area contributed by atoms with Crippen molar-refractivity contribution in [3.8, 4) is 5.69 Å². The van der Waals surface area contributed by atoms with Crippen LogP contribution in [0.5, 0.6) is 0 Å². The summed E-state index contributed by atoms with van der Waals surface area (Å²) in [6.45, 7) is 1.82. The van der Waals surface area contributed by atoms with Gasteiger partial charge in [-0.05, 0) is 49.4 Å². The molecule has 9 heteroatoms. The van der Waals surface area contributed by atoms with Gasteiger partial charge in [-0.2, -0.15) is 5.10 Å². The Hall–Kier alpha value is -4.43. The van der Waals surface area contributed by atoms with Gasteiger partial charge in [-0.15, -0.1) is 0 Å². The molecular formula is C25H19ClN6O2. The third-order valence-electron chi connectivity index (χ3n) is 5.38. The first-order valence-corrected chi connectivity index (χ1v) is 10.8. The molecule has 0 fully saturated rings. The van der Waals surface area contributed by atoms with Gasteiger partial charge in [0.05, 0.1) is 45.6 Å². The lowest BCUT2D eigenvalue weighted by molar-refractivity contribution is 0.101. The van der Waals surface area contributed by atoms with E-state index < -0.39 is 5.91 Å². The number of hydrogen-bond donors (Lipinski definition) is 3. The topological polar surface area (TPSA) is 105 Å². The number of fused-ring (bicyclic) bond motifs is 1. The van der Waals surface area contributed by atoms with Crippen LogP contribution in [0.1, 0.15) is 26.4 Å². The average molecular weight is 471 g/mol. The number of rotatable bonds is 5. The fourth-order valence-corrected chi connectivity index (χ4v) is 3.85. The van der Waals surface area contributed by atoms with Gasteiger partial charge in [-0.1, -0.05) is 29.8 Å². The Morgan fingerprint density at radius 1 is 0.912 bits per heavy atom. The van der Waals surface area contributed by atoms with Crippen molar-refractivity contribution in [2.45, 2.75) is 6.92 Å². The van der Waals surface area contributed by atoms with Crippen molar-refractivity contribution >= 4 is 45.8 Å². The summed E-state index contributed by atoms with van der Waals surface area (Å²) >= 11 is 6.28. The van der Waals surface area contributed by atoms with Crippen LogP contribution in [0.3, 0.4) is 0 Å². The molecule has 0 aliphatic heterocycles. The third-order valence-corrected chi connectivity index (χ3v) is 5.71. The normalized spacial score (nSPS) is 10.9. The highest BCUT2D eigenvalue weighted by Crippen LogP contribution is 2.24. The van der Waals surface area contributed by atoms with Crippen LogP contribution in [0.4, 0.5) is 11.4 Å². The van der Waals surface area contributed by atoms with Gasteiger partial charge < -0.3 is 15.6 Å². The molecule has 0 radical (unpaired) electrons. The zero-order chi connectivity index (χ0) is 23.7. The molecule has 5 aromatic rings. The molecule has 5 rings (SSSR count). The van der Waals surface area contributed by atoms with Gasteiger partial charge in [0.1, 0.15) is 5.65 Å². The Bertz CT molecular complexity index is 1520. The minimum Gasteiger partial charge on any atom is -0.346 e.